The maximum absolute atomic E-state index is 12.4. The summed E-state index contributed by atoms with van der Waals surface area (Å²) in [6.07, 6.45) is 1.49. The second-order valence-electron chi connectivity index (χ2n) is 4.89. The summed E-state index contributed by atoms with van der Waals surface area (Å²) in [5, 5.41) is 9.81. The Morgan fingerprint density at radius 2 is 2.00 bits per heavy atom. The Bertz CT molecular complexity index is 943. The van der Waals surface area contributed by atoms with Crippen molar-refractivity contribution in [2.75, 3.05) is 6.61 Å². The lowest BCUT2D eigenvalue weighted by molar-refractivity contribution is 0.296. The van der Waals surface area contributed by atoms with Gasteiger partial charge in [-0.15, -0.1) is 0 Å². The highest BCUT2D eigenvalue weighted by molar-refractivity contribution is 6.31. The molecule has 0 saturated heterocycles. The van der Waals surface area contributed by atoms with E-state index in [4.69, 9.17) is 21.6 Å². The molecule has 0 saturated carbocycles. The first-order valence-corrected chi connectivity index (χ1v) is 7.33. The lowest BCUT2D eigenvalue weighted by Crippen LogP contribution is -2.23. The Morgan fingerprint density at radius 1 is 1.22 bits per heavy atom. The van der Waals surface area contributed by atoms with E-state index < -0.39 is 0 Å². The van der Waals surface area contributed by atoms with Crippen LogP contribution < -0.4 is 10.3 Å². The van der Waals surface area contributed by atoms with E-state index in [0.717, 1.165) is 0 Å². The second kappa shape index (κ2) is 6.51. The molecule has 1 heterocycles. The van der Waals surface area contributed by atoms with Crippen molar-refractivity contribution in [2.45, 2.75) is 6.54 Å². The van der Waals surface area contributed by atoms with Gasteiger partial charge in [0.15, 0.2) is 0 Å². The molecule has 3 rings (SSSR count). The number of hydrogen-bond donors (Lipinski definition) is 0. The van der Waals surface area contributed by atoms with Crippen molar-refractivity contribution in [3.8, 4) is 11.8 Å². The predicted octanol–water partition coefficient (Wildman–Crippen LogP) is 3.00. The molecule has 114 valence electrons. The number of hydrogen-bond acceptors (Lipinski definition) is 4. The number of fused-ring (bicyclic) bond motifs is 1. The van der Waals surface area contributed by atoms with Crippen LogP contribution in [0.25, 0.3) is 10.9 Å². The highest BCUT2D eigenvalue weighted by atomic mass is 35.5. The van der Waals surface area contributed by atoms with Crippen LogP contribution in [0.2, 0.25) is 5.02 Å². The topological polar surface area (TPSA) is 67.9 Å². The molecular weight excluding hydrogens is 314 g/mol. The summed E-state index contributed by atoms with van der Waals surface area (Å²) in [6, 6.07) is 13.9. The van der Waals surface area contributed by atoms with E-state index in [-0.39, 0.29) is 5.56 Å². The number of benzene rings is 2. The van der Waals surface area contributed by atoms with Crippen LogP contribution in [0.3, 0.4) is 0 Å². The standard InChI is InChI=1S/C17H12ClN3O2/c18-13-3-6-15-16(9-13)20-11-21(17(15)22)7-8-23-14-4-1-12(10-19)2-5-14/h1-6,9,11H,7-8H2. The van der Waals surface area contributed by atoms with Gasteiger partial charge in [-0.2, -0.15) is 5.26 Å². The molecule has 23 heavy (non-hydrogen) atoms. The summed E-state index contributed by atoms with van der Waals surface area (Å²) in [5.74, 6) is 0.651. The smallest absolute Gasteiger partial charge is 0.261 e. The van der Waals surface area contributed by atoms with E-state index in [9.17, 15) is 4.79 Å². The Labute approximate surface area is 137 Å². The normalized spacial score (nSPS) is 10.4. The lowest BCUT2D eigenvalue weighted by atomic mass is 10.2. The van der Waals surface area contributed by atoms with Crippen LogP contribution in [0, 0.1) is 11.3 Å². The molecule has 0 aliphatic heterocycles. The van der Waals surface area contributed by atoms with Crippen molar-refractivity contribution in [1.29, 1.82) is 5.26 Å². The number of halogens is 1. The zero-order valence-corrected chi connectivity index (χ0v) is 12.8. The van der Waals surface area contributed by atoms with Gasteiger partial charge in [0.05, 0.1) is 35.4 Å². The minimum atomic E-state index is -0.130. The Hall–Kier alpha value is -2.84. The molecule has 6 heteroatoms. The molecule has 0 bridgehead atoms. The van der Waals surface area contributed by atoms with E-state index in [1.165, 1.54) is 10.9 Å². The first-order valence-electron chi connectivity index (χ1n) is 6.95. The van der Waals surface area contributed by atoms with Gasteiger partial charge < -0.3 is 4.74 Å². The fourth-order valence-corrected chi connectivity index (χ4v) is 2.34. The van der Waals surface area contributed by atoms with Crippen LogP contribution in [0.5, 0.6) is 5.75 Å². The maximum atomic E-state index is 12.4. The van der Waals surface area contributed by atoms with Gasteiger partial charge in [0.25, 0.3) is 5.56 Å². The molecule has 3 aromatic rings. The highest BCUT2D eigenvalue weighted by Crippen LogP contribution is 2.14. The predicted molar refractivity (Wildman–Crippen MR) is 87.7 cm³/mol. The molecule has 0 amide bonds. The van der Waals surface area contributed by atoms with Crippen LogP contribution in [-0.2, 0) is 6.54 Å². The Morgan fingerprint density at radius 3 is 2.74 bits per heavy atom. The van der Waals surface area contributed by atoms with Gasteiger partial charge in [-0.3, -0.25) is 9.36 Å². The van der Waals surface area contributed by atoms with Gasteiger partial charge in [0.1, 0.15) is 12.4 Å². The molecule has 0 N–H and O–H groups in total. The number of rotatable bonds is 4. The lowest BCUT2D eigenvalue weighted by Gasteiger charge is -2.09. The van der Waals surface area contributed by atoms with Crippen molar-refractivity contribution in [3.63, 3.8) is 0 Å². The number of nitrogens with zero attached hydrogens (tertiary/aromatic N) is 3. The minimum Gasteiger partial charge on any atom is -0.492 e. The third-order valence-corrected chi connectivity index (χ3v) is 3.61. The van der Waals surface area contributed by atoms with Gasteiger partial charge >= 0.3 is 0 Å². The summed E-state index contributed by atoms with van der Waals surface area (Å²) >= 11 is 5.89. The summed E-state index contributed by atoms with van der Waals surface area (Å²) in [4.78, 5) is 16.6. The SMILES string of the molecule is N#Cc1ccc(OCCn2cnc3cc(Cl)ccc3c2=O)cc1. The molecule has 0 atom stereocenters. The molecule has 1 aromatic heterocycles. The summed E-state index contributed by atoms with van der Waals surface area (Å²) in [6.45, 7) is 0.705. The van der Waals surface area contributed by atoms with Gasteiger partial charge in [-0.1, -0.05) is 11.6 Å². The van der Waals surface area contributed by atoms with Crippen LogP contribution in [-0.4, -0.2) is 16.2 Å². The quantitative estimate of drug-likeness (QED) is 0.739. The molecular formula is C17H12ClN3O2. The first kappa shape index (κ1) is 15.1. The molecule has 0 unspecified atom stereocenters. The van der Waals surface area contributed by atoms with Gasteiger partial charge in [-0.05, 0) is 42.5 Å². The molecule has 5 nitrogen and oxygen atoms in total. The maximum Gasteiger partial charge on any atom is 0.261 e. The van der Waals surface area contributed by atoms with Gasteiger partial charge in [-0.25, -0.2) is 4.98 Å². The average Bonchev–Trinajstić information content (AvgIpc) is 2.57. The Balaban J connectivity index is 1.72. The molecule has 0 aliphatic carbocycles. The Kier molecular flexibility index (Phi) is 4.26. The fourth-order valence-electron chi connectivity index (χ4n) is 2.18. The van der Waals surface area contributed by atoms with Crippen LogP contribution >= 0.6 is 11.6 Å². The van der Waals surface area contributed by atoms with Crippen LogP contribution in [0.1, 0.15) is 5.56 Å². The third kappa shape index (κ3) is 3.33. The van der Waals surface area contributed by atoms with Crippen molar-refractivity contribution >= 4 is 22.5 Å². The summed E-state index contributed by atoms with van der Waals surface area (Å²) in [5.41, 5.74) is 1.02. The van der Waals surface area contributed by atoms with E-state index >= 15 is 0 Å². The third-order valence-electron chi connectivity index (χ3n) is 3.37. The van der Waals surface area contributed by atoms with Crippen molar-refractivity contribution in [2.24, 2.45) is 0 Å². The van der Waals surface area contributed by atoms with Crippen LogP contribution in [0.4, 0.5) is 0 Å². The van der Waals surface area contributed by atoms with E-state index in [0.29, 0.717) is 40.4 Å². The van der Waals surface area contributed by atoms with Crippen molar-refractivity contribution < 1.29 is 4.74 Å². The van der Waals surface area contributed by atoms with Crippen LogP contribution in [0.15, 0.2) is 53.6 Å². The largest absolute Gasteiger partial charge is 0.492 e. The summed E-state index contributed by atoms with van der Waals surface area (Å²) < 4.78 is 7.08. The second-order valence-corrected chi connectivity index (χ2v) is 5.33. The summed E-state index contributed by atoms with van der Waals surface area (Å²) in [7, 11) is 0. The highest BCUT2D eigenvalue weighted by Gasteiger charge is 2.05. The van der Waals surface area contributed by atoms with E-state index in [1.54, 1.807) is 42.5 Å². The molecule has 0 spiro atoms. The van der Waals surface area contributed by atoms with Crippen molar-refractivity contribution in [3.05, 3.63) is 69.7 Å². The fraction of sp³-hybridized carbons (Fsp3) is 0.118. The van der Waals surface area contributed by atoms with Gasteiger partial charge in [0.2, 0.25) is 0 Å². The molecule has 0 fully saturated rings. The monoisotopic (exact) mass is 325 g/mol. The number of nitriles is 1. The van der Waals surface area contributed by atoms with Gasteiger partial charge in [0, 0.05) is 5.02 Å². The van der Waals surface area contributed by atoms with E-state index in [1.807, 2.05) is 6.07 Å². The van der Waals surface area contributed by atoms with Crippen molar-refractivity contribution in [1.82, 2.24) is 9.55 Å². The number of ether oxygens (including phenoxy) is 1. The molecule has 0 radical (unpaired) electrons. The zero-order chi connectivity index (χ0) is 16.2. The average molecular weight is 326 g/mol. The minimum absolute atomic E-state index is 0.130. The molecule has 0 aliphatic rings. The zero-order valence-electron chi connectivity index (χ0n) is 12.1. The number of aromatic nitrogens is 2. The first-order chi connectivity index (χ1) is 11.2. The van der Waals surface area contributed by atoms with E-state index in [2.05, 4.69) is 4.98 Å². The molecule has 2 aromatic carbocycles.